The third-order valence-corrected chi connectivity index (χ3v) is 2.22. The molecular weight excluding hydrogens is 180 g/mol. The summed E-state index contributed by atoms with van der Waals surface area (Å²) in [6.07, 6.45) is 2.61. The Morgan fingerprint density at radius 3 is 2.57 bits per heavy atom. The highest BCUT2D eigenvalue weighted by Gasteiger charge is 2.29. The maximum atomic E-state index is 11.6. The molecule has 1 aliphatic rings. The zero-order valence-corrected chi connectivity index (χ0v) is 9.13. The van der Waals surface area contributed by atoms with Crippen LogP contribution in [0.25, 0.3) is 0 Å². The van der Waals surface area contributed by atoms with E-state index < -0.39 is 5.60 Å². The lowest BCUT2D eigenvalue weighted by atomic mass is 9.88. The minimum Gasteiger partial charge on any atom is -0.460 e. The van der Waals surface area contributed by atoms with Crippen molar-refractivity contribution in [1.29, 1.82) is 0 Å². The Hall–Kier alpha value is -0.860. The number of esters is 1. The van der Waals surface area contributed by atoms with E-state index in [-0.39, 0.29) is 17.7 Å². The molecule has 1 fully saturated rings. The average Bonchev–Trinajstić information content (AvgIpc) is 2.01. The first-order valence-electron chi connectivity index (χ1n) is 5.13. The lowest BCUT2D eigenvalue weighted by Gasteiger charge is -2.25. The van der Waals surface area contributed by atoms with Crippen LogP contribution in [-0.4, -0.2) is 17.4 Å². The van der Waals surface area contributed by atoms with Crippen molar-refractivity contribution in [2.45, 2.75) is 52.1 Å². The zero-order valence-electron chi connectivity index (χ0n) is 9.13. The van der Waals surface area contributed by atoms with E-state index in [4.69, 9.17) is 4.74 Å². The minimum absolute atomic E-state index is 0.187. The number of ketones is 1. The molecule has 1 rings (SSSR count). The second-order valence-corrected chi connectivity index (χ2v) is 4.87. The van der Waals surface area contributed by atoms with Gasteiger partial charge < -0.3 is 4.74 Å². The fraction of sp³-hybridized carbons (Fsp3) is 0.818. The lowest BCUT2D eigenvalue weighted by molar-refractivity contribution is -0.162. The summed E-state index contributed by atoms with van der Waals surface area (Å²) in [5.41, 5.74) is -0.447. The number of ether oxygens (including phenoxy) is 1. The van der Waals surface area contributed by atoms with E-state index in [0.29, 0.717) is 12.8 Å². The van der Waals surface area contributed by atoms with E-state index in [2.05, 4.69) is 0 Å². The van der Waals surface area contributed by atoms with Gasteiger partial charge in [-0.15, -0.1) is 0 Å². The van der Waals surface area contributed by atoms with E-state index in [1.165, 1.54) is 0 Å². The third kappa shape index (κ3) is 3.48. The number of Topliss-reactive ketones (excluding diaryl/α,β-unsaturated/α-hetero) is 1. The van der Waals surface area contributed by atoms with Gasteiger partial charge in [0.1, 0.15) is 11.4 Å². The van der Waals surface area contributed by atoms with Crippen molar-refractivity contribution < 1.29 is 14.3 Å². The van der Waals surface area contributed by atoms with Crippen LogP contribution in [0.2, 0.25) is 0 Å². The summed E-state index contributed by atoms with van der Waals surface area (Å²) in [4.78, 5) is 22.7. The van der Waals surface area contributed by atoms with Crippen LogP contribution in [0.1, 0.15) is 46.5 Å². The molecule has 0 aromatic rings. The highest BCUT2D eigenvalue weighted by molar-refractivity contribution is 5.85. The summed E-state index contributed by atoms with van der Waals surface area (Å²) in [5, 5.41) is 0. The van der Waals surface area contributed by atoms with Crippen molar-refractivity contribution in [1.82, 2.24) is 0 Å². The van der Waals surface area contributed by atoms with Crippen LogP contribution in [0.15, 0.2) is 0 Å². The molecule has 1 aliphatic carbocycles. The van der Waals surface area contributed by atoms with Gasteiger partial charge in [-0.3, -0.25) is 9.59 Å². The van der Waals surface area contributed by atoms with E-state index in [0.717, 1.165) is 12.8 Å². The molecule has 14 heavy (non-hydrogen) atoms. The Morgan fingerprint density at radius 1 is 1.43 bits per heavy atom. The van der Waals surface area contributed by atoms with Gasteiger partial charge in [0, 0.05) is 12.8 Å². The topological polar surface area (TPSA) is 43.4 Å². The van der Waals surface area contributed by atoms with Gasteiger partial charge >= 0.3 is 5.97 Å². The molecule has 0 aromatic heterocycles. The van der Waals surface area contributed by atoms with E-state index in [1.54, 1.807) is 0 Å². The summed E-state index contributed by atoms with van der Waals surface area (Å²) in [6, 6.07) is 0. The van der Waals surface area contributed by atoms with Crippen LogP contribution in [0, 0.1) is 5.92 Å². The largest absolute Gasteiger partial charge is 0.460 e. The zero-order chi connectivity index (χ0) is 10.8. The number of carbonyl (C=O) groups excluding carboxylic acids is 2. The Morgan fingerprint density at radius 2 is 2.07 bits per heavy atom. The van der Waals surface area contributed by atoms with E-state index in [9.17, 15) is 9.59 Å². The van der Waals surface area contributed by atoms with Gasteiger partial charge in [-0.25, -0.2) is 0 Å². The number of hydrogen-bond donors (Lipinski definition) is 0. The number of hydrogen-bond acceptors (Lipinski definition) is 3. The molecule has 0 radical (unpaired) electrons. The highest BCUT2D eigenvalue weighted by atomic mass is 16.6. The van der Waals surface area contributed by atoms with Gasteiger partial charge in [0.05, 0.1) is 5.92 Å². The lowest BCUT2D eigenvalue weighted by Crippen LogP contribution is -2.31. The predicted molar refractivity (Wildman–Crippen MR) is 52.8 cm³/mol. The fourth-order valence-corrected chi connectivity index (χ4v) is 1.61. The number of carbonyl (C=O) groups is 2. The van der Waals surface area contributed by atoms with Crippen molar-refractivity contribution in [2.75, 3.05) is 0 Å². The SMILES string of the molecule is CC(C)(C)OC(=O)C1CCCC(=O)C1. The first kappa shape index (κ1) is 11.2. The summed E-state index contributed by atoms with van der Waals surface area (Å²) in [5.74, 6) is -0.229. The average molecular weight is 198 g/mol. The van der Waals surface area contributed by atoms with Gasteiger partial charge in [-0.05, 0) is 33.6 Å². The Kier molecular flexibility index (Phi) is 3.29. The molecule has 3 nitrogen and oxygen atoms in total. The Balaban J connectivity index is 2.48. The molecule has 1 unspecified atom stereocenters. The monoisotopic (exact) mass is 198 g/mol. The van der Waals surface area contributed by atoms with E-state index >= 15 is 0 Å². The molecule has 0 aliphatic heterocycles. The molecule has 1 saturated carbocycles. The van der Waals surface area contributed by atoms with Crippen LogP contribution in [-0.2, 0) is 14.3 Å². The summed E-state index contributed by atoms with van der Waals surface area (Å²) in [7, 11) is 0. The quantitative estimate of drug-likeness (QED) is 0.606. The van der Waals surface area contributed by atoms with Gasteiger partial charge in [0.25, 0.3) is 0 Å². The molecular formula is C11H18O3. The van der Waals surface area contributed by atoms with Gasteiger partial charge in [-0.1, -0.05) is 0 Å². The van der Waals surface area contributed by atoms with Gasteiger partial charge in [-0.2, -0.15) is 0 Å². The fourth-order valence-electron chi connectivity index (χ4n) is 1.61. The van der Waals surface area contributed by atoms with Gasteiger partial charge in [0.2, 0.25) is 0 Å². The van der Waals surface area contributed by atoms with E-state index in [1.807, 2.05) is 20.8 Å². The molecule has 0 aromatic carbocycles. The van der Waals surface area contributed by atoms with Crippen LogP contribution in [0.4, 0.5) is 0 Å². The van der Waals surface area contributed by atoms with Crippen molar-refractivity contribution in [3.63, 3.8) is 0 Å². The van der Waals surface area contributed by atoms with Crippen LogP contribution in [0.5, 0.6) is 0 Å². The minimum atomic E-state index is -0.447. The molecule has 80 valence electrons. The highest BCUT2D eigenvalue weighted by Crippen LogP contribution is 2.24. The second-order valence-electron chi connectivity index (χ2n) is 4.87. The van der Waals surface area contributed by atoms with Gasteiger partial charge in [0.15, 0.2) is 0 Å². The van der Waals surface area contributed by atoms with Crippen LogP contribution < -0.4 is 0 Å². The molecule has 1 atom stereocenters. The summed E-state index contributed by atoms with van der Waals surface area (Å²) in [6.45, 7) is 5.53. The summed E-state index contributed by atoms with van der Waals surface area (Å²) >= 11 is 0. The van der Waals surface area contributed by atoms with Crippen molar-refractivity contribution in [3.8, 4) is 0 Å². The molecule has 0 spiro atoms. The molecule has 0 amide bonds. The van der Waals surface area contributed by atoms with Crippen molar-refractivity contribution in [3.05, 3.63) is 0 Å². The van der Waals surface area contributed by atoms with Crippen LogP contribution >= 0.6 is 0 Å². The second kappa shape index (κ2) is 4.11. The Labute approximate surface area is 84.8 Å². The van der Waals surface area contributed by atoms with Crippen molar-refractivity contribution >= 4 is 11.8 Å². The standard InChI is InChI=1S/C11H18O3/c1-11(2,3)14-10(13)8-5-4-6-9(12)7-8/h8H,4-7H2,1-3H3. The first-order chi connectivity index (χ1) is 6.38. The third-order valence-electron chi connectivity index (χ3n) is 2.22. The molecule has 0 saturated heterocycles. The molecule has 0 heterocycles. The molecule has 0 N–H and O–H groups in total. The number of rotatable bonds is 1. The molecule has 3 heteroatoms. The maximum Gasteiger partial charge on any atom is 0.309 e. The normalized spacial score (nSPS) is 23.4. The maximum absolute atomic E-state index is 11.6. The van der Waals surface area contributed by atoms with Crippen molar-refractivity contribution in [2.24, 2.45) is 5.92 Å². The molecule has 0 bridgehead atoms. The Bertz CT molecular complexity index is 237. The summed E-state index contributed by atoms with van der Waals surface area (Å²) < 4.78 is 5.23. The predicted octanol–water partition coefficient (Wildman–Crippen LogP) is 2.09. The smallest absolute Gasteiger partial charge is 0.309 e. The first-order valence-corrected chi connectivity index (χ1v) is 5.13. The van der Waals surface area contributed by atoms with Crippen LogP contribution in [0.3, 0.4) is 0 Å².